The fourth-order valence-electron chi connectivity index (χ4n) is 1.77. The molecule has 0 saturated heterocycles. The van der Waals surface area contributed by atoms with Crippen LogP contribution in [0.2, 0.25) is 5.15 Å². The van der Waals surface area contributed by atoms with Gasteiger partial charge in [0.1, 0.15) is 17.0 Å². The number of pyridine rings is 1. The third-order valence-corrected chi connectivity index (χ3v) is 2.91. The van der Waals surface area contributed by atoms with Crippen LogP contribution in [0, 0.1) is 0 Å². The van der Waals surface area contributed by atoms with Gasteiger partial charge >= 0.3 is 0 Å². The standard InChI is InChI=1S/C12H14ClN3O2/c1-3-16-11(9(18-2)7-15-16)12(17)8-4-5-10(13)14-6-8/h4-7,12,17H,3H2,1-2H3. The first-order chi connectivity index (χ1) is 8.67. The molecule has 0 aliphatic heterocycles. The topological polar surface area (TPSA) is 60.2 Å². The minimum Gasteiger partial charge on any atom is -0.493 e. The highest BCUT2D eigenvalue weighted by atomic mass is 35.5. The number of aryl methyl sites for hydroxylation is 1. The van der Waals surface area contributed by atoms with Crippen LogP contribution in [-0.4, -0.2) is 27.0 Å². The van der Waals surface area contributed by atoms with Crippen LogP contribution in [0.1, 0.15) is 24.3 Å². The molecule has 0 spiro atoms. The van der Waals surface area contributed by atoms with Crippen molar-refractivity contribution < 1.29 is 9.84 Å². The molecule has 5 nitrogen and oxygen atoms in total. The first-order valence-corrected chi connectivity index (χ1v) is 5.94. The van der Waals surface area contributed by atoms with Crippen LogP contribution in [0.3, 0.4) is 0 Å². The van der Waals surface area contributed by atoms with E-state index < -0.39 is 6.10 Å². The highest BCUT2D eigenvalue weighted by Crippen LogP contribution is 2.29. The van der Waals surface area contributed by atoms with E-state index in [-0.39, 0.29) is 0 Å². The molecule has 2 rings (SSSR count). The van der Waals surface area contributed by atoms with Crippen molar-refractivity contribution in [2.45, 2.75) is 19.6 Å². The summed E-state index contributed by atoms with van der Waals surface area (Å²) in [6.07, 6.45) is 2.29. The zero-order valence-electron chi connectivity index (χ0n) is 10.2. The molecule has 6 heteroatoms. The average Bonchev–Trinajstić information content (AvgIpc) is 2.81. The van der Waals surface area contributed by atoms with Crippen molar-refractivity contribution in [3.63, 3.8) is 0 Å². The zero-order chi connectivity index (χ0) is 13.1. The van der Waals surface area contributed by atoms with Gasteiger partial charge in [-0.1, -0.05) is 17.7 Å². The summed E-state index contributed by atoms with van der Waals surface area (Å²) in [7, 11) is 1.55. The lowest BCUT2D eigenvalue weighted by Gasteiger charge is -2.14. The van der Waals surface area contributed by atoms with Crippen molar-refractivity contribution in [2.75, 3.05) is 7.11 Å². The number of ether oxygens (including phenoxy) is 1. The van der Waals surface area contributed by atoms with E-state index in [1.165, 1.54) is 0 Å². The van der Waals surface area contributed by atoms with Gasteiger partial charge in [-0.05, 0) is 13.0 Å². The van der Waals surface area contributed by atoms with Crippen LogP contribution in [0.15, 0.2) is 24.5 Å². The Morgan fingerprint density at radius 1 is 1.44 bits per heavy atom. The molecule has 0 amide bonds. The van der Waals surface area contributed by atoms with Gasteiger partial charge in [0, 0.05) is 18.3 Å². The Labute approximate surface area is 110 Å². The van der Waals surface area contributed by atoms with Gasteiger partial charge in [-0.3, -0.25) is 4.68 Å². The molecule has 1 atom stereocenters. The molecule has 0 radical (unpaired) electrons. The fourth-order valence-corrected chi connectivity index (χ4v) is 1.88. The van der Waals surface area contributed by atoms with Crippen LogP contribution < -0.4 is 4.74 Å². The second-order valence-corrected chi connectivity index (χ2v) is 4.12. The second-order valence-electron chi connectivity index (χ2n) is 3.73. The van der Waals surface area contributed by atoms with Crippen molar-refractivity contribution in [1.29, 1.82) is 0 Å². The van der Waals surface area contributed by atoms with E-state index >= 15 is 0 Å². The van der Waals surface area contributed by atoms with Crippen LogP contribution in [0.4, 0.5) is 0 Å². The third kappa shape index (κ3) is 2.32. The number of hydrogen-bond donors (Lipinski definition) is 1. The van der Waals surface area contributed by atoms with Gasteiger partial charge in [0.2, 0.25) is 0 Å². The van der Waals surface area contributed by atoms with E-state index in [4.69, 9.17) is 16.3 Å². The summed E-state index contributed by atoms with van der Waals surface area (Å²) in [5.74, 6) is 0.555. The van der Waals surface area contributed by atoms with E-state index in [9.17, 15) is 5.11 Å². The maximum atomic E-state index is 10.4. The predicted octanol–water partition coefficient (Wildman–Crippen LogP) is 2.04. The molecule has 2 aromatic heterocycles. The minimum atomic E-state index is -0.841. The summed E-state index contributed by atoms with van der Waals surface area (Å²) >= 11 is 5.72. The minimum absolute atomic E-state index is 0.391. The maximum absolute atomic E-state index is 10.4. The van der Waals surface area contributed by atoms with E-state index in [2.05, 4.69) is 10.1 Å². The van der Waals surface area contributed by atoms with E-state index in [1.54, 1.807) is 36.3 Å². The van der Waals surface area contributed by atoms with Gasteiger partial charge < -0.3 is 9.84 Å². The average molecular weight is 268 g/mol. The Bertz CT molecular complexity index is 503. The lowest BCUT2D eigenvalue weighted by atomic mass is 10.1. The highest BCUT2D eigenvalue weighted by molar-refractivity contribution is 6.29. The summed E-state index contributed by atoms with van der Waals surface area (Å²) in [6, 6.07) is 3.37. The molecule has 0 aliphatic carbocycles. The first-order valence-electron chi connectivity index (χ1n) is 5.56. The summed E-state index contributed by atoms with van der Waals surface area (Å²) in [4.78, 5) is 3.96. The number of aromatic nitrogens is 3. The van der Waals surface area contributed by atoms with Gasteiger partial charge in [0.05, 0.1) is 13.3 Å². The Kier molecular flexibility index (Phi) is 3.84. The Balaban J connectivity index is 2.41. The van der Waals surface area contributed by atoms with E-state index in [0.29, 0.717) is 28.7 Å². The van der Waals surface area contributed by atoms with E-state index in [0.717, 1.165) is 0 Å². The summed E-state index contributed by atoms with van der Waals surface area (Å²) in [5.41, 5.74) is 1.26. The molecule has 0 aliphatic rings. The molecular formula is C12H14ClN3O2. The normalized spacial score (nSPS) is 12.4. The summed E-state index contributed by atoms with van der Waals surface area (Å²) < 4.78 is 6.90. The maximum Gasteiger partial charge on any atom is 0.163 e. The quantitative estimate of drug-likeness (QED) is 0.862. The van der Waals surface area contributed by atoms with Crippen molar-refractivity contribution >= 4 is 11.6 Å². The molecule has 0 aromatic carbocycles. The number of halogens is 1. The van der Waals surface area contributed by atoms with Crippen molar-refractivity contribution in [2.24, 2.45) is 0 Å². The molecule has 1 N–H and O–H groups in total. The lowest BCUT2D eigenvalue weighted by Crippen LogP contribution is -2.10. The van der Waals surface area contributed by atoms with E-state index in [1.807, 2.05) is 6.92 Å². The number of aliphatic hydroxyl groups excluding tert-OH is 1. The second kappa shape index (κ2) is 5.37. The Morgan fingerprint density at radius 3 is 2.78 bits per heavy atom. The Hall–Kier alpha value is -1.59. The van der Waals surface area contributed by atoms with Crippen molar-refractivity contribution in [1.82, 2.24) is 14.8 Å². The number of rotatable bonds is 4. The van der Waals surface area contributed by atoms with Crippen molar-refractivity contribution in [3.8, 4) is 5.75 Å². The lowest BCUT2D eigenvalue weighted by molar-refractivity contribution is 0.202. The number of methoxy groups -OCH3 is 1. The van der Waals surface area contributed by atoms with Gasteiger partial charge in [0.25, 0.3) is 0 Å². The molecule has 0 fully saturated rings. The number of nitrogens with zero attached hydrogens (tertiary/aromatic N) is 3. The monoisotopic (exact) mass is 267 g/mol. The van der Waals surface area contributed by atoms with Crippen LogP contribution in [0.5, 0.6) is 5.75 Å². The van der Waals surface area contributed by atoms with Crippen LogP contribution in [0.25, 0.3) is 0 Å². The largest absolute Gasteiger partial charge is 0.493 e. The predicted molar refractivity (Wildman–Crippen MR) is 67.8 cm³/mol. The zero-order valence-corrected chi connectivity index (χ0v) is 10.9. The van der Waals surface area contributed by atoms with Gasteiger partial charge in [-0.25, -0.2) is 4.98 Å². The fraction of sp³-hybridized carbons (Fsp3) is 0.333. The smallest absolute Gasteiger partial charge is 0.163 e. The molecule has 0 bridgehead atoms. The van der Waals surface area contributed by atoms with Crippen LogP contribution >= 0.6 is 11.6 Å². The first kappa shape index (κ1) is 12.9. The van der Waals surface area contributed by atoms with Gasteiger partial charge in [0.15, 0.2) is 5.75 Å². The summed E-state index contributed by atoms with van der Waals surface area (Å²) in [5, 5.41) is 14.9. The highest BCUT2D eigenvalue weighted by Gasteiger charge is 2.21. The van der Waals surface area contributed by atoms with Gasteiger partial charge in [-0.2, -0.15) is 5.10 Å². The van der Waals surface area contributed by atoms with Crippen molar-refractivity contribution in [3.05, 3.63) is 40.9 Å². The molecule has 0 saturated carbocycles. The third-order valence-electron chi connectivity index (χ3n) is 2.69. The Morgan fingerprint density at radius 2 is 2.22 bits per heavy atom. The molecule has 96 valence electrons. The van der Waals surface area contributed by atoms with Crippen LogP contribution in [-0.2, 0) is 6.54 Å². The number of hydrogen-bond acceptors (Lipinski definition) is 4. The molecule has 1 unspecified atom stereocenters. The molecule has 2 heterocycles. The van der Waals surface area contributed by atoms with Gasteiger partial charge in [-0.15, -0.1) is 0 Å². The molecule has 2 aromatic rings. The SMILES string of the molecule is CCn1ncc(OC)c1C(O)c1ccc(Cl)nc1. The molecule has 18 heavy (non-hydrogen) atoms. The molecular weight excluding hydrogens is 254 g/mol. The number of aliphatic hydroxyl groups is 1. The summed E-state index contributed by atoms with van der Waals surface area (Å²) in [6.45, 7) is 2.60.